The SMILES string of the molecule is NC1=N[N+]2(NCCc3ccc(Oc4nc(N)n5nc(-c6ccco6)nc5n4)cc3)C=NC(c3ccco3)=NC2=C1. The van der Waals surface area contributed by atoms with E-state index in [1.165, 1.54) is 10.8 Å². The van der Waals surface area contributed by atoms with Crippen LogP contribution in [0.2, 0.25) is 0 Å². The molecule has 5 aromatic rings. The largest absolute Gasteiger partial charge is 0.461 e. The smallest absolute Gasteiger partial charge is 0.328 e. The third-order valence-electron chi connectivity index (χ3n) is 6.06. The van der Waals surface area contributed by atoms with Crippen molar-refractivity contribution in [2.45, 2.75) is 6.42 Å². The molecule has 40 heavy (non-hydrogen) atoms. The lowest BCUT2D eigenvalue weighted by Crippen LogP contribution is -2.52. The fourth-order valence-corrected chi connectivity index (χ4v) is 4.19. The maximum absolute atomic E-state index is 6.04. The minimum atomic E-state index is -0.122. The molecule has 1 unspecified atom stereocenters. The number of nitrogens with two attached hydrogens (primary N) is 2. The highest BCUT2D eigenvalue weighted by molar-refractivity contribution is 6.03. The zero-order chi connectivity index (χ0) is 27.1. The first-order valence-corrected chi connectivity index (χ1v) is 12.2. The summed E-state index contributed by atoms with van der Waals surface area (Å²) in [5, 5.41) is 8.75. The Labute approximate surface area is 225 Å². The van der Waals surface area contributed by atoms with E-state index >= 15 is 0 Å². The van der Waals surface area contributed by atoms with Gasteiger partial charge < -0.3 is 25.0 Å². The second kappa shape index (κ2) is 9.26. The van der Waals surface area contributed by atoms with E-state index in [2.05, 4.69) is 40.6 Å². The molecule has 15 nitrogen and oxygen atoms in total. The fraction of sp³-hybridized carbons (Fsp3) is 0.0800. The van der Waals surface area contributed by atoms with Gasteiger partial charge in [-0.3, -0.25) is 0 Å². The van der Waals surface area contributed by atoms with Crippen LogP contribution in [0.3, 0.4) is 0 Å². The Morgan fingerprint density at radius 2 is 1.75 bits per heavy atom. The summed E-state index contributed by atoms with van der Waals surface area (Å²) in [6, 6.07) is 14.6. The number of fused-ring (bicyclic) bond motifs is 2. The molecule has 1 aromatic carbocycles. The third-order valence-corrected chi connectivity index (χ3v) is 6.06. The number of nitrogens with one attached hydrogen (secondary N) is 1. The van der Waals surface area contributed by atoms with Crippen LogP contribution in [0.4, 0.5) is 5.95 Å². The second-order valence-corrected chi connectivity index (χ2v) is 8.76. The molecule has 0 radical (unpaired) electrons. The summed E-state index contributed by atoms with van der Waals surface area (Å²) in [6.07, 6.45) is 7.15. The van der Waals surface area contributed by atoms with Gasteiger partial charge in [0.25, 0.3) is 11.6 Å². The standard InChI is InChI=1S/C25H21N12O3/c26-19-13-20-30-21(17-3-1-11-38-17)28-14-37(20,35-19)29-10-9-15-5-7-16(8-6-15)40-25-32-23(27)36-24(33-25)31-22(34-36)18-4-2-12-39-18/h1-8,11-14,29H,9-10H2,(H2,26,35)(H2,27,31,32,33,34)/q+1. The van der Waals surface area contributed by atoms with Crippen molar-refractivity contribution < 1.29 is 18.3 Å². The topological polar surface area (TPSA) is 193 Å². The molecule has 0 bridgehead atoms. The number of furan rings is 2. The molecule has 0 spiro atoms. The molecule has 7 rings (SSSR count). The number of aliphatic imine (C=N–C) groups is 2. The van der Waals surface area contributed by atoms with E-state index in [1.54, 1.807) is 42.9 Å². The van der Waals surface area contributed by atoms with Crippen LogP contribution in [0.25, 0.3) is 17.4 Å². The number of rotatable bonds is 8. The predicted octanol–water partition coefficient (Wildman–Crippen LogP) is 2.23. The first-order chi connectivity index (χ1) is 19.5. The second-order valence-electron chi connectivity index (χ2n) is 8.76. The van der Waals surface area contributed by atoms with Crippen molar-refractivity contribution in [2.24, 2.45) is 20.8 Å². The van der Waals surface area contributed by atoms with Gasteiger partial charge in [0.2, 0.25) is 23.9 Å². The van der Waals surface area contributed by atoms with Gasteiger partial charge in [-0.25, -0.2) is 0 Å². The molecule has 0 fully saturated rings. The predicted molar refractivity (Wildman–Crippen MR) is 143 cm³/mol. The summed E-state index contributed by atoms with van der Waals surface area (Å²) < 4.78 is 17.8. The number of ether oxygens (including phenoxy) is 1. The molecule has 6 heterocycles. The Balaban J connectivity index is 1.00. The summed E-state index contributed by atoms with van der Waals surface area (Å²) in [6.45, 7) is 0.563. The van der Waals surface area contributed by atoms with Crippen molar-refractivity contribution in [3.05, 3.63) is 84.3 Å². The zero-order valence-corrected chi connectivity index (χ0v) is 20.7. The fourth-order valence-electron chi connectivity index (χ4n) is 4.19. The number of amidine groups is 2. The lowest BCUT2D eigenvalue weighted by Gasteiger charge is -2.25. The lowest BCUT2D eigenvalue weighted by atomic mass is 10.1. The van der Waals surface area contributed by atoms with Crippen LogP contribution < -0.4 is 21.6 Å². The number of quaternary nitrogens is 1. The normalized spacial score (nSPS) is 17.9. The van der Waals surface area contributed by atoms with Gasteiger partial charge in [-0.1, -0.05) is 12.1 Å². The monoisotopic (exact) mass is 537 g/mol. The van der Waals surface area contributed by atoms with Crippen molar-refractivity contribution >= 4 is 29.7 Å². The van der Waals surface area contributed by atoms with E-state index in [0.29, 0.717) is 53.6 Å². The van der Waals surface area contributed by atoms with Gasteiger partial charge in [-0.15, -0.1) is 10.5 Å². The van der Waals surface area contributed by atoms with Crippen molar-refractivity contribution in [1.29, 1.82) is 0 Å². The Morgan fingerprint density at radius 3 is 2.52 bits per heavy atom. The molecule has 2 aliphatic heterocycles. The van der Waals surface area contributed by atoms with Crippen molar-refractivity contribution in [1.82, 2.24) is 30.0 Å². The average Bonchev–Trinajstić information content (AvgIpc) is 3.75. The van der Waals surface area contributed by atoms with E-state index in [4.69, 9.17) is 25.0 Å². The Hall–Kier alpha value is -5.67. The number of nitrogens with zero attached hydrogens (tertiary/aromatic N) is 9. The molecule has 5 N–H and O–H groups in total. The molecule has 0 aliphatic carbocycles. The van der Waals surface area contributed by atoms with Crippen LogP contribution >= 0.6 is 0 Å². The van der Waals surface area contributed by atoms with Crippen LogP contribution in [-0.2, 0) is 6.42 Å². The molecule has 0 saturated heterocycles. The van der Waals surface area contributed by atoms with Crippen molar-refractivity contribution in [3.63, 3.8) is 0 Å². The number of aromatic nitrogens is 5. The van der Waals surface area contributed by atoms with Gasteiger partial charge in [0, 0.05) is 0 Å². The van der Waals surface area contributed by atoms with E-state index < -0.39 is 0 Å². The van der Waals surface area contributed by atoms with Crippen molar-refractivity contribution in [2.75, 3.05) is 12.3 Å². The average molecular weight is 538 g/mol. The van der Waals surface area contributed by atoms with E-state index in [0.717, 1.165) is 5.56 Å². The van der Waals surface area contributed by atoms with E-state index in [1.807, 2.05) is 24.3 Å². The number of nitrogen functional groups attached to an aromatic ring is 1. The molecule has 2 aliphatic rings. The summed E-state index contributed by atoms with van der Waals surface area (Å²) in [4.78, 5) is 21.8. The van der Waals surface area contributed by atoms with Crippen molar-refractivity contribution in [3.8, 4) is 23.3 Å². The molecular weight excluding hydrogens is 516 g/mol. The highest BCUT2D eigenvalue weighted by Gasteiger charge is 2.41. The molecule has 0 amide bonds. The number of hydrogen-bond donors (Lipinski definition) is 3. The summed E-state index contributed by atoms with van der Waals surface area (Å²) in [5.41, 5.74) is 16.5. The minimum Gasteiger partial charge on any atom is -0.461 e. The summed E-state index contributed by atoms with van der Waals surface area (Å²) >= 11 is 0. The Kier molecular flexibility index (Phi) is 5.43. The highest BCUT2D eigenvalue weighted by Crippen LogP contribution is 2.26. The summed E-state index contributed by atoms with van der Waals surface area (Å²) in [7, 11) is 0. The van der Waals surface area contributed by atoms with Gasteiger partial charge in [0.15, 0.2) is 17.4 Å². The molecule has 0 saturated carbocycles. The Bertz CT molecular complexity index is 1820. The molecular formula is C25H21N12O3+. The third kappa shape index (κ3) is 4.26. The molecule has 1 atom stereocenters. The zero-order valence-electron chi connectivity index (χ0n) is 20.7. The van der Waals surface area contributed by atoms with E-state index in [9.17, 15) is 0 Å². The molecule has 15 heteroatoms. The quantitative estimate of drug-likeness (QED) is 0.247. The van der Waals surface area contributed by atoms with Gasteiger partial charge in [-0.2, -0.15) is 29.5 Å². The van der Waals surface area contributed by atoms with E-state index in [-0.39, 0.29) is 22.4 Å². The number of hydrogen-bond acceptors (Lipinski definition) is 13. The lowest BCUT2D eigenvalue weighted by molar-refractivity contribution is -0.849. The van der Waals surface area contributed by atoms with Crippen LogP contribution in [0.15, 0.2) is 96.9 Å². The van der Waals surface area contributed by atoms with Crippen LogP contribution in [0, 0.1) is 0 Å². The van der Waals surface area contributed by atoms with Gasteiger partial charge >= 0.3 is 6.01 Å². The highest BCUT2D eigenvalue weighted by atomic mass is 16.5. The molecule has 198 valence electrons. The minimum absolute atomic E-state index is 0.0521. The first kappa shape index (κ1) is 23.4. The number of anilines is 1. The maximum Gasteiger partial charge on any atom is 0.328 e. The number of benzene rings is 1. The van der Waals surface area contributed by atoms with Crippen LogP contribution in [0.5, 0.6) is 11.8 Å². The van der Waals surface area contributed by atoms with Gasteiger partial charge in [0.05, 0.1) is 25.1 Å². The summed E-state index contributed by atoms with van der Waals surface area (Å²) in [5.74, 6) is 3.68. The van der Waals surface area contributed by atoms with Gasteiger partial charge in [-0.05, 0) is 58.2 Å². The first-order valence-electron chi connectivity index (χ1n) is 12.2. The van der Waals surface area contributed by atoms with Gasteiger partial charge in [0.1, 0.15) is 5.75 Å². The maximum atomic E-state index is 6.04. The Morgan fingerprint density at radius 1 is 0.950 bits per heavy atom. The molecule has 4 aromatic heterocycles. The van der Waals surface area contributed by atoms with Crippen LogP contribution in [0.1, 0.15) is 11.3 Å². The van der Waals surface area contributed by atoms with Crippen LogP contribution in [-0.4, -0.2) is 53.8 Å².